The number of hydrogen-bond acceptors (Lipinski definition) is 2. The van der Waals surface area contributed by atoms with Crippen molar-refractivity contribution in [1.29, 1.82) is 0 Å². The summed E-state index contributed by atoms with van der Waals surface area (Å²) in [5, 5.41) is 21.4. The lowest BCUT2D eigenvalue weighted by molar-refractivity contribution is 0.0213. The van der Waals surface area contributed by atoms with E-state index in [0.29, 0.717) is 5.92 Å². The molecule has 5 atom stereocenters. The molecule has 2 nitrogen and oxygen atoms in total. The Morgan fingerprint density at radius 1 is 1.24 bits per heavy atom. The largest absolute Gasteiger partial charge is 0.389 e. The molecule has 2 N–H and O–H groups in total. The van der Waals surface area contributed by atoms with Crippen LogP contribution in [-0.2, 0) is 0 Å². The smallest absolute Gasteiger partial charge is 0.0826 e. The van der Waals surface area contributed by atoms with Crippen LogP contribution >= 0.6 is 15.9 Å². The van der Waals surface area contributed by atoms with Crippen LogP contribution in [-0.4, -0.2) is 26.7 Å². The van der Waals surface area contributed by atoms with Gasteiger partial charge in [0.15, 0.2) is 0 Å². The van der Waals surface area contributed by atoms with Gasteiger partial charge in [-0.25, -0.2) is 0 Å². The van der Waals surface area contributed by atoms with E-state index in [1.165, 1.54) is 27.9 Å². The van der Waals surface area contributed by atoms with E-state index in [-0.39, 0.29) is 10.7 Å². The first-order valence-corrected chi connectivity index (χ1v) is 10.5. The Morgan fingerprint density at radius 3 is 2.44 bits per heavy atom. The van der Waals surface area contributed by atoms with E-state index in [1.807, 2.05) is 6.92 Å². The maximum atomic E-state index is 11.0. The van der Waals surface area contributed by atoms with Crippen molar-refractivity contribution in [3.63, 3.8) is 0 Å². The van der Waals surface area contributed by atoms with Crippen LogP contribution in [0.15, 0.2) is 33.9 Å². The molecule has 0 spiro atoms. The molecule has 25 heavy (non-hydrogen) atoms. The Labute approximate surface area is 162 Å². The summed E-state index contributed by atoms with van der Waals surface area (Å²) in [4.78, 5) is 0.117. The van der Waals surface area contributed by atoms with E-state index in [1.54, 1.807) is 0 Å². The van der Waals surface area contributed by atoms with Crippen LogP contribution < -0.4 is 0 Å². The highest BCUT2D eigenvalue weighted by Crippen LogP contribution is 2.41. The maximum absolute atomic E-state index is 11.0. The molecule has 2 rings (SSSR count). The number of rotatable bonds is 3. The van der Waals surface area contributed by atoms with Gasteiger partial charge in [-0.05, 0) is 79.6 Å². The van der Waals surface area contributed by atoms with Gasteiger partial charge in [0.25, 0.3) is 0 Å². The Balaban J connectivity index is 2.21. The summed E-state index contributed by atoms with van der Waals surface area (Å²) in [7, 11) is 0. The summed E-state index contributed by atoms with van der Waals surface area (Å²) in [6.45, 7) is 12.8. The minimum absolute atomic E-state index is 0.117. The molecule has 0 radical (unpaired) electrons. The fourth-order valence-corrected chi connectivity index (χ4v) is 5.06. The van der Waals surface area contributed by atoms with E-state index in [2.05, 4.69) is 56.6 Å². The SMILES string of the molecule is CC(C)=C1CCC(C)=C(C)[C@@H]1[C@H](O)/C=C(\C)[C@H]1CC[C@@](C)(O)[C@@H](Br)C1. The van der Waals surface area contributed by atoms with Gasteiger partial charge in [-0.3, -0.25) is 0 Å². The zero-order chi connectivity index (χ0) is 18.9. The Morgan fingerprint density at radius 2 is 1.88 bits per heavy atom. The molecule has 3 heteroatoms. The van der Waals surface area contributed by atoms with Crippen LogP contribution in [0.3, 0.4) is 0 Å². The molecule has 0 aromatic rings. The minimum atomic E-state index is -0.621. The Kier molecular flexibility index (Phi) is 6.78. The molecule has 0 saturated heterocycles. The van der Waals surface area contributed by atoms with Crippen molar-refractivity contribution >= 4 is 15.9 Å². The van der Waals surface area contributed by atoms with Gasteiger partial charge < -0.3 is 10.2 Å². The van der Waals surface area contributed by atoms with Crippen molar-refractivity contribution in [3.05, 3.63) is 33.9 Å². The Bertz CT molecular complexity index is 593. The average Bonchev–Trinajstić information content (AvgIpc) is 2.51. The number of alkyl halides is 1. The second kappa shape index (κ2) is 8.10. The highest BCUT2D eigenvalue weighted by molar-refractivity contribution is 9.09. The van der Waals surface area contributed by atoms with Gasteiger partial charge in [-0.15, -0.1) is 0 Å². The highest BCUT2D eigenvalue weighted by Gasteiger charge is 2.37. The van der Waals surface area contributed by atoms with E-state index in [0.717, 1.165) is 32.1 Å². The Hall–Kier alpha value is -0.380. The van der Waals surface area contributed by atoms with Gasteiger partial charge in [0.05, 0.1) is 11.7 Å². The molecule has 0 amide bonds. The van der Waals surface area contributed by atoms with Crippen LogP contribution in [0.2, 0.25) is 0 Å². The van der Waals surface area contributed by atoms with Gasteiger partial charge in [-0.2, -0.15) is 0 Å². The molecule has 142 valence electrons. The van der Waals surface area contributed by atoms with Crippen molar-refractivity contribution in [2.24, 2.45) is 11.8 Å². The first-order valence-electron chi connectivity index (χ1n) is 9.60. The van der Waals surface area contributed by atoms with Crippen molar-refractivity contribution in [1.82, 2.24) is 0 Å². The van der Waals surface area contributed by atoms with Gasteiger partial charge in [-0.1, -0.05) is 49.9 Å². The van der Waals surface area contributed by atoms with Crippen molar-refractivity contribution in [2.45, 2.75) is 90.2 Å². The van der Waals surface area contributed by atoms with E-state index < -0.39 is 11.7 Å². The third-order valence-corrected chi connectivity index (χ3v) is 7.87. The van der Waals surface area contributed by atoms with E-state index in [4.69, 9.17) is 0 Å². The second-order valence-electron chi connectivity index (χ2n) is 8.66. The minimum Gasteiger partial charge on any atom is -0.389 e. The lowest BCUT2D eigenvalue weighted by Gasteiger charge is -2.38. The summed E-state index contributed by atoms with van der Waals surface area (Å²) in [6.07, 6.45) is 6.51. The molecule has 1 saturated carbocycles. The lowest BCUT2D eigenvalue weighted by atomic mass is 9.73. The second-order valence-corrected chi connectivity index (χ2v) is 9.77. The summed E-state index contributed by atoms with van der Waals surface area (Å²) in [5.74, 6) is 0.559. The fraction of sp³-hybridized carbons (Fsp3) is 0.727. The highest BCUT2D eigenvalue weighted by atomic mass is 79.9. The van der Waals surface area contributed by atoms with Crippen LogP contribution in [0.4, 0.5) is 0 Å². The number of halogens is 1. The monoisotopic (exact) mass is 410 g/mol. The number of hydrogen-bond donors (Lipinski definition) is 2. The zero-order valence-corrected chi connectivity index (χ0v) is 18.3. The van der Waals surface area contributed by atoms with Crippen molar-refractivity contribution < 1.29 is 10.2 Å². The lowest BCUT2D eigenvalue weighted by Crippen LogP contribution is -2.41. The average molecular weight is 411 g/mol. The van der Waals surface area contributed by atoms with E-state index in [9.17, 15) is 10.2 Å². The summed E-state index contributed by atoms with van der Waals surface area (Å²) >= 11 is 3.65. The van der Waals surface area contributed by atoms with E-state index >= 15 is 0 Å². The topological polar surface area (TPSA) is 40.5 Å². The maximum Gasteiger partial charge on any atom is 0.0826 e. The standard InChI is InChI=1S/C22H35BrO2/c1-13(2)18-8-7-14(3)16(5)21(18)19(24)11-15(4)17-9-10-22(6,25)20(23)12-17/h11,17,19-21,24-25H,7-10,12H2,1-6H3/b15-11+/t17-,19+,20-,21-,22+/m0/s1. The van der Waals surface area contributed by atoms with Crippen molar-refractivity contribution in [2.75, 3.05) is 0 Å². The summed E-state index contributed by atoms with van der Waals surface area (Å²) < 4.78 is 0. The van der Waals surface area contributed by atoms with Crippen LogP contribution in [0.1, 0.15) is 73.6 Å². The third kappa shape index (κ3) is 4.67. The number of allylic oxidation sites excluding steroid dienone is 3. The molecule has 0 bridgehead atoms. The van der Waals surface area contributed by atoms with Crippen LogP contribution in [0.5, 0.6) is 0 Å². The molecule has 0 aromatic carbocycles. The molecule has 1 fully saturated rings. The van der Waals surface area contributed by atoms with Gasteiger partial charge in [0.2, 0.25) is 0 Å². The number of aliphatic hydroxyl groups excluding tert-OH is 1. The molecular formula is C22H35BrO2. The zero-order valence-electron chi connectivity index (χ0n) is 16.7. The predicted octanol–water partition coefficient (Wildman–Crippen LogP) is 5.69. The summed E-state index contributed by atoms with van der Waals surface area (Å²) in [5.41, 5.74) is 6.15. The van der Waals surface area contributed by atoms with Crippen molar-refractivity contribution in [3.8, 4) is 0 Å². The third-order valence-electron chi connectivity index (χ3n) is 6.51. The van der Waals surface area contributed by atoms with Gasteiger partial charge >= 0.3 is 0 Å². The normalized spacial score (nSPS) is 35.8. The first kappa shape index (κ1) is 20.9. The first-order chi connectivity index (χ1) is 11.5. The molecular weight excluding hydrogens is 376 g/mol. The predicted molar refractivity (Wildman–Crippen MR) is 110 cm³/mol. The molecule has 2 aliphatic rings. The molecule has 0 unspecified atom stereocenters. The quantitative estimate of drug-likeness (QED) is 0.463. The molecule has 0 heterocycles. The molecule has 2 aliphatic carbocycles. The summed E-state index contributed by atoms with van der Waals surface area (Å²) in [6, 6.07) is 0. The van der Waals surface area contributed by atoms with Gasteiger partial charge in [0, 0.05) is 10.7 Å². The fourth-order valence-electron chi connectivity index (χ4n) is 4.38. The molecule has 0 aromatic heterocycles. The van der Waals surface area contributed by atoms with Crippen LogP contribution in [0.25, 0.3) is 0 Å². The van der Waals surface area contributed by atoms with Gasteiger partial charge in [0.1, 0.15) is 0 Å². The molecule has 0 aliphatic heterocycles. The van der Waals surface area contributed by atoms with Crippen LogP contribution in [0, 0.1) is 11.8 Å². The number of aliphatic hydroxyl groups is 2.